The van der Waals surface area contributed by atoms with Gasteiger partial charge in [-0.2, -0.15) is 13.2 Å². The van der Waals surface area contributed by atoms with E-state index in [9.17, 15) is 18.0 Å². The molecule has 3 rings (SSSR count). The molecule has 0 amide bonds. The Morgan fingerprint density at radius 2 is 1.91 bits per heavy atom. The van der Waals surface area contributed by atoms with E-state index in [0.717, 1.165) is 23.1 Å². The van der Waals surface area contributed by atoms with Gasteiger partial charge in [0.1, 0.15) is 5.75 Å². The summed E-state index contributed by atoms with van der Waals surface area (Å²) in [4.78, 5) is 11.7. The van der Waals surface area contributed by atoms with E-state index in [4.69, 9.17) is 21.1 Å². The Morgan fingerprint density at radius 3 is 2.50 bits per heavy atom. The van der Waals surface area contributed by atoms with Crippen LogP contribution in [0.5, 0.6) is 5.75 Å². The van der Waals surface area contributed by atoms with Crippen LogP contribution in [-0.4, -0.2) is 25.4 Å². The zero-order valence-electron chi connectivity index (χ0n) is 18.5. The fraction of sp³-hybridized carbons (Fsp3) is 0.480. The molecule has 32 heavy (non-hydrogen) atoms. The van der Waals surface area contributed by atoms with Gasteiger partial charge in [0.25, 0.3) is 0 Å². The lowest BCUT2D eigenvalue weighted by atomic mass is 9.85. The van der Waals surface area contributed by atoms with Crippen LogP contribution in [0.1, 0.15) is 63.0 Å². The van der Waals surface area contributed by atoms with Crippen LogP contribution in [-0.2, 0) is 9.53 Å². The number of carbonyl (C=O) groups excluding carboxylic acids is 1. The molecular formula is C25H28ClF3O3. The summed E-state index contributed by atoms with van der Waals surface area (Å²) >= 11 is 6.51. The van der Waals surface area contributed by atoms with Crippen LogP contribution < -0.4 is 4.74 Å². The van der Waals surface area contributed by atoms with Crippen molar-refractivity contribution in [2.75, 3.05) is 13.2 Å². The average molecular weight is 469 g/mol. The summed E-state index contributed by atoms with van der Waals surface area (Å²) < 4.78 is 49.1. The minimum atomic E-state index is -4.47. The van der Waals surface area contributed by atoms with Crippen molar-refractivity contribution in [2.24, 2.45) is 5.92 Å². The van der Waals surface area contributed by atoms with E-state index in [2.05, 4.69) is 0 Å². The van der Waals surface area contributed by atoms with Crippen LogP contribution >= 0.6 is 11.6 Å². The summed E-state index contributed by atoms with van der Waals surface area (Å²) in [5.74, 6) is 0.418. The molecule has 174 valence electrons. The first-order valence-electron chi connectivity index (χ1n) is 10.9. The Bertz CT molecular complexity index is 942. The largest absolute Gasteiger partial charge is 0.482 e. The maximum Gasteiger partial charge on any atom is 0.422 e. The second-order valence-corrected chi connectivity index (χ2v) is 8.84. The van der Waals surface area contributed by atoms with Crippen LogP contribution in [0.4, 0.5) is 13.2 Å². The van der Waals surface area contributed by atoms with Crippen LogP contribution in [0.25, 0.3) is 11.1 Å². The molecule has 1 aliphatic carbocycles. The lowest BCUT2D eigenvalue weighted by Crippen LogP contribution is -2.20. The Kier molecular flexibility index (Phi) is 7.75. The van der Waals surface area contributed by atoms with E-state index in [1.54, 1.807) is 13.0 Å². The van der Waals surface area contributed by atoms with Gasteiger partial charge in [0.15, 0.2) is 6.61 Å². The van der Waals surface area contributed by atoms with Gasteiger partial charge in [-0.1, -0.05) is 55.8 Å². The molecule has 1 aliphatic rings. The standard InChI is InChI=1S/C25H28ClF3O3/c1-4-31-21(30)11-10-17-12-18(17)19-13-20(26)24(32-14-25(27,28)29)23(22(19)15(2)3)16-8-6-5-7-9-16/h5-9,13,15,17-18H,4,10-12,14H2,1-3H3. The molecule has 0 radical (unpaired) electrons. The van der Waals surface area contributed by atoms with Crippen LogP contribution in [0.15, 0.2) is 36.4 Å². The first-order chi connectivity index (χ1) is 15.1. The SMILES string of the molecule is CCOC(=O)CCC1CC1c1cc(Cl)c(OCC(F)(F)F)c(-c2ccccc2)c1C(C)C. The highest BCUT2D eigenvalue weighted by Gasteiger charge is 2.41. The second-order valence-electron chi connectivity index (χ2n) is 8.44. The van der Waals surface area contributed by atoms with Crippen LogP contribution in [0.3, 0.4) is 0 Å². The summed E-state index contributed by atoms with van der Waals surface area (Å²) in [6.45, 7) is 4.77. The highest BCUT2D eigenvalue weighted by atomic mass is 35.5. The van der Waals surface area contributed by atoms with Crippen LogP contribution in [0, 0.1) is 5.92 Å². The van der Waals surface area contributed by atoms with Crippen molar-refractivity contribution in [1.29, 1.82) is 0 Å². The third-order valence-corrected chi connectivity index (χ3v) is 5.95. The quantitative estimate of drug-likeness (QED) is 0.357. The van der Waals surface area contributed by atoms with Gasteiger partial charge in [-0.05, 0) is 60.3 Å². The van der Waals surface area contributed by atoms with Crippen molar-refractivity contribution < 1.29 is 27.4 Å². The Morgan fingerprint density at radius 1 is 1.22 bits per heavy atom. The van der Waals surface area contributed by atoms with Gasteiger partial charge in [-0.25, -0.2) is 0 Å². The van der Waals surface area contributed by atoms with E-state index >= 15 is 0 Å². The van der Waals surface area contributed by atoms with Crippen molar-refractivity contribution >= 4 is 17.6 Å². The van der Waals surface area contributed by atoms with Crippen molar-refractivity contribution in [3.63, 3.8) is 0 Å². The Balaban J connectivity index is 2.01. The summed E-state index contributed by atoms with van der Waals surface area (Å²) in [6.07, 6.45) is -2.49. The van der Waals surface area contributed by atoms with Gasteiger partial charge >= 0.3 is 12.1 Å². The molecule has 0 bridgehead atoms. The number of benzene rings is 2. The highest BCUT2D eigenvalue weighted by Crippen LogP contribution is 2.56. The van der Waals surface area contributed by atoms with Crippen molar-refractivity contribution in [3.8, 4) is 16.9 Å². The molecule has 2 atom stereocenters. The number of hydrogen-bond donors (Lipinski definition) is 0. The number of rotatable bonds is 9. The number of alkyl halides is 3. The van der Waals surface area contributed by atoms with Gasteiger partial charge in [0.05, 0.1) is 11.6 Å². The monoisotopic (exact) mass is 468 g/mol. The fourth-order valence-corrected chi connectivity index (χ4v) is 4.53. The Hall–Kier alpha value is -2.21. The highest BCUT2D eigenvalue weighted by molar-refractivity contribution is 6.32. The molecule has 0 N–H and O–H groups in total. The van der Waals surface area contributed by atoms with Gasteiger partial charge in [-0.15, -0.1) is 0 Å². The molecular weight excluding hydrogens is 441 g/mol. The first-order valence-corrected chi connectivity index (χ1v) is 11.3. The predicted octanol–water partition coefficient (Wildman–Crippen LogP) is 7.52. The smallest absolute Gasteiger partial charge is 0.422 e. The second kappa shape index (κ2) is 10.2. The van der Waals surface area contributed by atoms with Crippen molar-refractivity contribution in [3.05, 3.63) is 52.5 Å². The molecule has 2 aromatic rings. The summed E-state index contributed by atoms with van der Waals surface area (Å²) in [5.41, 5.74) is 3.35. The Labute approximate surface area is 191 Å². The molecule has 1 fully saturated rings. The summed E-state index contributed by atoms with van der Waals surface area (Å²) in [6, 6.07) is 11.0. The zero-order valence-corrected chi connectivity index (χ0v) is 19.2. The minimum Gasteiger partial charge on any atom is -0.482 e. The lowest BCUT2D eigenvalue weighted by Gasteiger charge is -2.24. The molecule has 0 aliphatic heterocycles. The zero-order chi connectivity index (χ0) is 23.5. The van der Waals surface area contributed by atoms with Gasteiger partial charge in [0.2, 0.25) is 0 Å². The van der Waals surface area contributed by atoms with Crippen molar-refractivity contribution in [2.45, 2.75) is 58.0 Å². The number of halogens is 4. The maximum atomic E-state index is 12.9. The normalized spacial score (nSPS) is 18.0. The molecule has 0 spiro atoms. The van der Waals surface area contributed by atoms with Gasteiger partial charge < -0.3 is 9.47 Å². The molecule has 0 heterocycles. The predicted molar refractivity (Wildman–Crippen MR) is 119 cm³/mol. The topological polar surface area (TPSA) is 35.5 Å². The third kappa shape index (κ3) is 5.97. The van der Waals surface area contributed by atoms with E-state index in [1.165, 1.54) is 0 Å². The van der Waals surface area contributed by atoms with Crippen molar-refractivity contribution in [1.82, 2.24) is 0 Å². The molecule has 1 saturated carbocycles. The average Bonchev–Trinajstić information content (AvgIpc) is 3.50. The molecule has 7 heteroatoms. The number of ether oxygens (including phenoxy) is 2. The molecule has 3 nitrogen and oxygen atoms in total. The number of hydrogen-bond acceptors (Lipinski definition) is 3. The van der Waals surface area contributed by atoms with Gasteiger partial charge in [0, 0.05) is 12.0 Å². The first kappa shape index (κ1) is 24.4. The van der Waals surface area contributed by atoms with Crippen LogP contribution in [0.2, 0.25) is 5.02 Å². The van der Waals surface area contributed by atoms with E-state index < -0.39 is 12.8 Å². The lowest BCUT2D eigenvalue weighted by molar-refractivity contribution is -0.153. The number of carbonyl (C=O) groups is 1. The van der Waals surface area contributed by atoms with E-state index in [0.29, 0.717) is 30.9 Å². The fourth-order valence-electron chi connectivity index (χ4n) is 4.27. The van der Waals surface area contributed by atoms with E-state index in [-0.39, 0.29) is 28.6 Å². The number of esters is 1. The minimum absolute atomic E-state index is 0.0389. The molecule has 2 unspecified atom stereocenters. The van der Waals surface area contributed by atoms with Gasteiger partial charge in [-0.3, -0.25) is 4.79 Å². The summed E-state index contributed by atoms with van der Waals surface area (Å²) in [7, 11) is 0. The molecule has 2 aromatic carbocycles. The summed E-state index contributed by atoms with van der Waals surface area (Å²) in [5, 5.41) is 0.170. The molecule has 0 aromatic heterocycles. The molecule has 0 saturated heterocycles. The maximum absolute atomic E-state index is 12.9. The van der Waals surface area contributed by atoms with E-state index in [1.807, 2.05) is 44.2 Å². The third-order valence-electron chi connectivity index (χ3n) is 5.67.